The summed E-state index contributed by atoms with van der Waals surface area (Å²) in [5.74, 6) is 0. The van der Waals surface area contributed by atoms with Crippen molar-refractivity contribution in [2.45, 2.75) is 0 Å². The molecule has 6 heavy (non-hydrogen) atoms. The summed E-state index contributed by atoms with van der Waals surface area (Å²) in [4.78, 5) is 0. The van der Waals surface area contributed by atoms with Gasteiger partial charge in [0.05, 0.1) is 0 Å². The quantitative estimate of drug-likeness (QED) is 0.403. The predicted octanol–water partition coefficient (Wildman–Crippen LogP) is -4.50. The minimum absolute atomic E-state index is 0. The Bertz CT molecular complexity index is 37.9. The molecule has 0 radical (unpaired) electrons. The molecule has 0 aromatic rings. The fourth-order valence-electron chi connectivity index (χ4n) is 0. The van der Waals surface area contributed by atoms with Crippen LogP contribution in [0.15, 0.2) is 0 Å². The molecule has 6 heteroatoms. The number of hydrogen-bond acceptors (Lipinski definition) is 1. The van der Waals surface area contributed by atoms with Crippen molar-refractivity contribution >= 4 is 14.5 Å². The van der Waals surface area contributed by atoms with E-state index in [1.807, 2.05) is 0 Å². The Balaban J connectivity index is -0.0000000150. The second kappa shape index (κ2) is 9.98. The molecule has 0 aliphatic heterocycles. The van der Waals surface area contributed by atoms with Crippen molar-refractivity contribution in [2.75, 3.05) is 0 Å². The van der Waals surface area contributed by atoms with E-state index in [1.165, 1.54) is 0 Å². The molecule has 0 fully saturated rings. The molecule has 30 valence electrons. The molecule has 0 amide bonds. The zero-order valence-corrected chi connectivity index (χ0v) is 10.1. The van der Waals surface area contributed by atoms with Gasteiger partial charge in [-0.15, -0.1) is 0 Å². The topological polar surface area (TPSA) is 57.5 Å². The Morgan fingerprint density at radius 1 is 1.50 bits per heavy atom. The molecule has 0 unspecified atom stereocenters. The van der Waals surface area contributed by atoms with Gasteiger partial charge in [0.15, 0.2) is 0 Å². The van der Waals surface area contributed by atoms with E-state index in [1.54, 1.807) is 0 Å². The monoisotopic (exact) mass is 218 g/mol. The van der Waals surface area contributed by atoms with Crippen molar-refractivity contribution in [1.82, 2.24) is 0 Å². The Hall–Kier alpha value is 1.86. The molecular weight excluding hydrogens is 215 g/mol. The molecular formula is H3NaO3SeZn. The molecule has 0 aliphatic rings. The number of hydrogen-bond donors (Lipinski definition) is 2. The van der Waals surface area contributed by atoms with Gasteiger partial charge in [-0.25, -0.2) is 0 Å². The van der Waals surface area contributed by atoms with Crippen LogP contribution in [0, 0.1) is 0 Å². The average molecular weight is 218 g/mol. The molecule has 2 N–H and O–H groups in total. The van der Waals surface area contributed by atoms with Gasteiger partial charge in [-0.3, -0.25) is 0 Å². The van der Waals surface area contributed by atoms with Crippen LogP contribution in [0.2, 0.25) is 0 Å². The van der Waals surface area contributed by atoms with Gasteiger partial charge in [0, 0.05) is 19.5 Å². The Morgan fingerprint density at radius 2 is 1.50 bits per heavy atom. The summed E-state index contributed by atoms with van der Waals surface area (Å²) < 4.78 is 23.1. The molecule has 0 heterocycles. The Morgan fingerprint density at radius 3 is 1.50 bits per heavy atom. The second-order valence-electron chi connectivity index (χ2n) is 0.231. The molecule has 0 saturated heterocycles. The molecule has 0 aliphatic carbocycles. The first-order chi connectivity index (χ1) is 1.73. The van der Waals surface area contributed by atoms with Crippen LogP contribution in [-0.2, 0) is 23.3 Å². The van der Waals surface area contributed by atoms with Crippen molar-refractivity contribution in [3.05, 3.63) is 0 Å². The summed E-state index contributed by atoms with van der Waals surface area (Å²) in [5.41, 5.74) is 0. The summed E-state index contributed by atoms with van der Waals surface area (Å²) in [7, 11) is 0. The third-order valence-corrected chi connectivity index (χ3v) is 0. The van der Waals surface area contributed by atoms with Crippen LogP contribution in [0.3, 0.4) is 0 Å². The predicted molar refractivity (Wildman–Crippen MR) is 12.0 cm³/mol. The van der Waals surface area contributed by atoms with E-state index in [4.69, 9.17) is 12.2 Å². The maximum absolute atomic E-state index is 8.76. The standard InChI is InChI=1S/Na.H2O3Se.Zn.H/c;1-4(2)3;;/h;(H2,1,2,3);;/q+1;;;-1. The van der Waals surface area contributed by atoms with Crippen LogP contribution in [0.25, 0.3) is 0 Å². The summed E-state index contributed by atoms with van der Waals surface area (Å²) in [6.45, 7) is 0. The van der Waals surface area contributed by atoms with E-state index in [2.05, 4.69) is 0 Å². The van der Waals surface area contributed by atoms with Crippen LogP contribution in [0.4, 0.5) is 0 Å². The average Bonchev–Trinajstić information content (AvgIpc) is 0.811. The maximum atomic E-state index is 8.76. The Kier molecular flexibility index (Phi) is 26.0. The third kappa shape index (κ3) is 40.0. The van der Waals surface area contributed by atoms with E-state index in [9.17, 15) is 0 Å². The van der Waals surface area contributed by atoms with Gasteiger partial charge >= 0.3 is 56.3 Å². The Labute approximate surface area is 76.4 Å². The van der Waals surface area contributed by atoms with Gasteiger partial charge in [0.25, 0.3) is 0 Å². The van der Waals surface area contributed by atoms with Crippen LogP contribution < -0.4 is 29.6 Å². The molecule has 3 nitrogen and oxygen atoms in total. The maximum Gasteiger partial charge on any atom is 1.00 e. The van der Waals surface area contributed by atoms with E-state index in [0.717, 1.165) is 0 Å². The van der Waals surface area contributed by atoms with Crippen molar-refractivity contribution in [1.29, 1.82) is 0 Å². The molecule has 0 rings (SSSR count). The number of rotatable bonds is 0. The fraction of sp³-hybridized carbons (Fsp3) is 0. The summed E-state index contributed by atoms with van der Waals surface area (Å²) in [6, 6.07) is 0. The van der Waals surface area contributed by atoms with E-state index < -0.39 is 14.5 Å². The first-order valence-electron chi connectivity index (χ1n) is 0.532. The minimum Gasteiger partial charge on any atom is -1.00 e. The van der Waals surface area contributed by atoms with E-state index >= 15 is 0 Å². The van der Waals surface area contributed by atoms with Crippen LogP contribution in [-0.4, -0.2) is 22.9 Å². The smallest absolute Gasteiger partial charge is 1.00 e. The molecule has 0 bridgehead atoms. The summed E-state index contributed by atoms with van der Waals surface area (Å²) in [5, 5.41) is 0. The van der Waals surface area contributed by atoms with Gasteiger partial charge in [0.1, 0.15) is 0 Å². The van der Waals surface area contributed by atoms with Gasteiger partial charge in [-0.2, -0.15) is 0 Å². The first kappa shape index (κ1) is 15.7. The van der Waals surface area contributed by atoms with Gasteiger partial charge in [-0.05, 0) is 0 Å². The van der Waals surface area contributed by atoms with Gasteiger partial charge in [0.2, 0.25) is 0 Å². The zero-order chi connectivity index (χ0) is 3.58. The zero-order valence-electron chi connectivity index (χ0n) is 4.42. The van der Waals surface area contributed by atoms with Crippen LogP contribution >= 0.6 is 0 Å². The summed E-state index contributed by atoms with van der Waals surface area (Å²) in [6.07, 6.45) is 0. The van der Waals surface area contributed by atoms with Crippen molar-refractivity contribution in [3.8, 4) is 0 Å². The van der Waals surface area contributed by atoms with E-state index in [0.29, 0.717) is 0 Å². The van der Waals surface area contributed by atoms with Crippen molar-refractivity contribution in [3.63, 3.8) is 0 Å². The largest absolute Gasteiger partial charge is 1.00 e. The molecule has 0 saturated carbocycles. The minimum atomic E-state index is -3.29. The first-order valence-corrected chi connectivity index (χ1v) is 2.76. The van der Waals surface area contributed by atoms with Crippen LogP contribution in [0.5, 0.6) is 0 Å². The van der Waals surface area contributed by atoms with Crippen LogP contribution in [0.1, 0.15) is 1.43 Å². The molecule has 0 aromatic heterocycles. The summed E-state index contributed by atoms with van der Waals surface area (Å²) >= 11 is -3.29. The SMILES string of the molecule is O=[Se](O)O.[H-].[Na+].[Zn]. The molecule has 0 spiro atoms. The molecule has 0 atom stereocenters. The fourth-order valence-corrected chi connectivity index (χ4v) is 0. The second-order valence-corrected chi connectivity index (χ2v) is 1.20. The van der Waals surface area contributed by atoms with Crippen molar-refractivity contribution in [2.24, 2.45) is 0 Å². The van der Waals surface area contributed by atoms with Crippen molar-refractivity contribution < 1.29 is 62.7 Å². The van der Waals surface area contributed by atoms with Gasteiger partial charge < -0.3 is 1.43 Å². The van der Waals surface area contributed by atoms with E-state index in [-0.39, 0.29) is 50.5 Å². The molecule has 0 aromatic carbocycles. The normalized spacial score (nSPS) is 5.83. The third-order valence-electron chi connectivity index (χ3n) is 0. The van der Waals surface area contributed by atoms with Gasteiger partial charge in [-0.1, -0.05) is 0 Å².